The second kappa shape index (κ2) is 3.73. The largest absolute Gasteiger partial charge is 0.480 e. The molecule has 1 aromatic rings. The first-order chi connectivity index (χ1) is 8.63. The number of carboxylic acids is 1. The van der Waals surface area contributed by atoms with Gasteiger partial charge in [-0.2, -0.15) is 0 Å². The summed E-state index contributed by atoms with van der Waals surface area (Å²) >= 11 is 0. The van der Waals surface area contributed by atoms with Gasteiger partial charge in [0.2, 0.25) is 6.79 Å². The van der Waals surface area contributed by atoms with Gasteiger partial charge >= 0.3 is 5.97 Å². The van der Waals surface area contributed by atoms with Crippen molar-refractivity contribution in [2.75, 3.05) is 6.79 Å². The first-order valence-corrected chi connectivity index (χ1v) is 5.81. The lowest BCUT2D eigenvalue weighted by Gasteiger charge is -2.35. The maximum Gasteiger partial charge on any atom is 0.317 e. The van der Waals surface area contributed by atoms with Gasteiger partial charge in [-0.3, -0.25) is 9.59 Å². The molecule has 1 N–H and O–H groups in total. The summed E-state index contributed by atoms with van der Waals surface area (Å²) in [5.74, 6) is -0.277. The van der Waals surface area contributed by atoms with Crippen molar-refractivity contribution in [3.8, 4) is 11.5 Å². The molecule has 1 saturated carbocycles. The molecule has 2 aliphatic rings. The summed E-state index contributed by atoms with van der Waals surface area (Å²) in [5, 5.41) is 9.23. The van der Waals surface area contributed by atoms with Crippen LogP contribution in [0.1, 0.15) is 29.6 Å². The predicted molar refractivity (Wildman–Crippen MR) is 60.8 cm³/mol. The highest BCUT2D eigenvalue weighted by Gasteiger charge is 2.51. The molecule has 5 heteroatoms. The van der Waals surface area contributed by atoms with Crippen LogP contribution in [0.25, 0.3) is 0 Å². The molecular weight excluding hydrogens is 236 g/mol. The Hall–Kier alpha value is -2.04. The number of carboxylic acid groups (broad SMARTS) is 1. The van der Waals surface area contributed by atoms with E-state index in [9.17, 15) is 14.7 Å². The van der Waals surface area contributed by atoms with E-state index in [-0.39, 0.29) is 12.6 Å². The molecule has 1 aliphatic carbocycles. The molecule has 0 atom stereocenters. The summed E-state index contributed by atoms with van der Waals surface area (Å²) in [6, 6.07) is 4.80. The van der Waals surface area contributed by atoms with Gasteiger partial charge < -0.3 is 14.6 Å². The van der Waals surface area contributed by atoms with Gasteiger partial charge in [0, 0.05) is 5.56 Å². The van der Waals surface area contributed by atoms with E-state index in [2.05, 4.69) is 0 Å². The Kier molecular flexibility index (Phi) is 2.29. The molecule has 5 nitrogen and oxygen atoms in total. The van der Waals surface area contributed by atoms with Crippen LogP contribution in [0.5, 0.6) is 11.5 Å². The zero-order valence-corrected chi connectivity index (χ0v) is 9.64. The molecule has 0 amide bonds. The third kappa shape index (κ3) is 1.40. The minimum Gasteiger partial charge on any atom is -0.480 e. The molecule has 1 aromatic carbocycles. The fourth-order valence-electron chi connectivity index (χ4n) is 2.38. The Morgan fingerprint density at radius 1 is 1.17 bits per heavy atom. The van der Waals surface area contributed by atoms with Crippen molar-refractivity contribution in [3.05, 3.63) is 23.8 Å². The average Bonchev–Trinajstić information content (AvgIpc) is 2.73. The zero-order valence-electron chi connectivity index (χ0n) is 9.64. The number of carbonyl (C=O) groups is 2. The normalized spacial score (nSPS) is 19.1. The summed E-state index contributed by atoms with van der Waals surface area (Å²) < 4.78 is 10.3. The molecule has 1 fully saturated rings. The van der Waals surface area contributed by atoms with Crippen LogP contribution in [0.2, 0.25) is 0 Å². The van der Waals surface area contributed by atoms with Crippen LogP contribution < -0.4 is 9.47 Å². The van der Waals surface area contributed by atoms with Gasteiger partial charge in [-0.15, -0.1) is 0 Å². The lowest BCUT2D eigenvalue weighted by molar-refractivity contribution is -0.150. The molecule has 0 unspecified atom stereocenters. The van der Waals surface area contributed by atoms with E-state index >= 15 is 0 Å². The summed E-state index contributed by atoms with van der Waals surface area (Å²) in [5.41, 5.74) is -0.852. The van der Waals surface area contributed by atoms with E-state index in [4.69, 9.17) is 9.47 Å². The van der Waals surface area contributed by atoms with Gasteiger partial charge in [-0.25, -0.2) is 0 Å². The van der Waals surface area contributed by atoms with Crippen LogP contribution in [0, 0.1) is 5.41 Å². The Balaban J connectivity index is 1.95. The Morgan fingerprint density at radius 3 is 2.50 bits per heavy atom. The molecular formula is C13H12O5. The van der Waals surface area contributed by atoms with E-state index in [1.54, 1.807) is 18.2 Å². The maximum atomic E-state index is 12.3. The van der Waals surface area contributed by atoms with Crippen molar-refractivity contribution in [2.24, 2.45) is 5.41 Å². The molecule has 0 bridgehead atoms. The lowest BCUT2D eigenvalue weighted by atomic mass is 9.64. The highest BCUT2D eigenvalue weighted by atomic mass is 16.7. The smallest absolute Gasteiger partial charge is 0.317 e. The Bertz CT molecular complexity index is 530. The van der Waals surface area contributed by atoms with Crippen LogP contribution in [-0.2, 0) is 4.79 Å². The number of aliphatic carboxylic acids is 1. The summed E-state index contributed by atoms with van der Waals surface area (Å²) in [4.78, 5) is 23.6. The molecule has 0 saturated heterocycles. The van der Waals surface area contributed by atoms with Gasteiger partial charge in [-0.1, -0.05) is 6.42 Å². The topological polar surface area (TPSA) is 72.8 Å². The number of hydrogen-bond acceptors (Lipinski definition) is 4. The van der Waals surface area contributed by atoms with Gasteiger partial charge in [0.1, 0.15) is 5.41 Å². The van der Waals surface area contributed by atoms with E-state index in [1.807, 2.05) is 0 Å². The second-order valence-electron chi connectivity index (χ2n) is 4.64. The van der Waals surface area contributed by atoms with Gasteiger partial charge in [0.05, 0.1) is 0 Å². The number of rotatable bonds is 3. The molecule has 0 spiro atoms. The quantitative estimate of drug-likeness (QED) is 0.652. The van der Waals surface area contributed by atoms with Crippen molar-refractivity contribution in [1.29, 1.82) is 0 Å². The number of ether oxygens (including phenoxy) is 2. The number of hydrogen-bond donors (Lipinski definition) is 1. The van der Waals surface area contributed by atoms with Crippen molar-refractivity contribution in [1.82, 2.24) is 0 Å². The van der Waals surface area contributed by atoms with Crippen molar-refractivity contribution in [2.45, 2.75) is 19.3 Å². The fourth-order valence-corrected chi connectivity index (χ4v) is 2.38. The van der Waals surface area contributed by atoms with E-state index in [0.717, 1.165) is 6.42 Å². The van der Waals surface area contributed by atoms with Crippen molar-refractivity contribution >= 4 is 11.8 Å². The zero-order chi connectivity index (χ0) is 12.8. The molecule has 1 heterocycles. The first-order valence-electron chi connectivity index (χ1n) is 5.81. The minimum atomic E-state index is -1.23. The minimum absolute atomic E-state index is 0.136. The van der Waals surface area contributed by atoms with E-state index < -0.39 is 11.4 Å². The monoisotopic (exact) mass is 248 g/mol. The van der Waals surface area contributed by atoms with Crippen LogP contribution in [-0.4, -0.2) is 23.7 Å². The van der Waals surface area contributed by atoms with Crippen LogP contribution >= 0.6 is 0 Å². The highest BCUT2D eigenvalue weighted by molar-refractivity contribution is 6.13. The number of ketones is 1. The lowest BCUT2D eigenvalue weighted by Crippen LogP contribution is -2.45. The molecule has 18 heavy (non-hydrogen) atoms. The van der Waals surface area contributed by atoms with Crippen LogP contribution in [0.3, 0.4) is 0 Å². The third-order valence-corrected chi connectivity index (χ3v) is 3.69. The second-order valence-corrected chi connectivity index (χ2v) is 4.64. The average molecular weight is 248 g/mol. The van der Waals surface area contributed by atoms with Gasteiger partial charge in [0.15, 0.2) is 17.3 Å². The van der Waals surface area contributed by atoms with E-state index in [0.29, 0.717) is 29.9 Å². The van der Waals surface area contributed by atoms with Gasteiger partial charge in [0.25, 0.3) is 0 Å². The molecule has 94 valence electrons. The van der Waals surface area contributed by atoms with Crippen molar-refractivity contribution in [3.63, 3.8) is 0 Å². The fraction of sp³-hybridized carbons (Fsp3) is 0.385. The van der Waals surface area contributed by atoms with E-state index in [1.165, 1.54) is 0 Å². The maximum absolute atomic E-state index is 12.3. The summed E-state index contributed by atoms with van der Waals surface area (Å²) in [6.07, 6.45) is 1.60. The number of benzene rings is 1. The highest BCUT2D eigenvalue weighted by Crippen LogP contribution is 2.45. The molecule has 1 aliphatic heterocycles. The van der Waals surface area contributed by atoms with Crippen LogP contribution in [0.15, 0.2) is 18.2 Å². The third-order valence-electron chi connectivity index (χ3n) is 3.69. The van der Waals surface area contributed by atoms with Gasteiger partial charge in [-0.05, 0) is 31.0 Å². The molecule has 3 rings (SSSR count). The molecule has 0 radical (unpaired) electrons. The summed E-state index contributed by atoms with van der Waals surface area (Å²) in [6.45, 7) is 0.136. The number of Topliss-reactive ketones (excluding diaryl/α,β-unsaturated/α-hetero) is 1. The Labute approximate surface area is 103 Å². The molecule has 0 aromatic heterocycles. The standard InChI is InChI=1S/C13H12O5/c14-11(13(12(15)16)4-1-5-13)8-2-3-9-10(6-8)18-7-17-9/h2-3,6H,1,4-5,7H2,(H,15,16). The van der Waals surface area contributed by atoms with Crippen molar-refractivity contribution < 1.29 is 24.2 Å². The summed E-state index contributed by atoms with van der Waals surface area (Å²) in [7, 11) is 0. The number of fused-ring (bicyclic) bond motifs is 1. The van der Waals surface area contributed by atoms with Crippen LogP contribution in [0.4, 0.5) is 0 Å². The SMILES string of the molecule is O=C(O)C1(C(=O)c2ccc3c(c2)OCO3)CCC1. The Morgan fingerprint density at radius 2 is 1.89 bits per heavy atom. The first kappa shape index (κ1) is 11.1. The number of carbonyl (C=O) groups excluding carboxylic acids is 1. The predicted octanol–water partition coefficient (Wildman–Crippen LogP) is 1.85.